The summed E-state index contributed by atoms with van der Waals surface area (Å²) >= 11 is 0. The second-order valence-corrected chi connectivity index (χ2v) is 5.04. The van der Waals surface area contributed by atoms with Crippen molar-refractivity contribution in [1.82, 2.24) is 0 Å². The van der Waals surface area contributed by atoms with E-state index in [0.717, 1.165) is 12.8 Å². The van der Waals surface area contributed by atoms with Gasteiger partial charge in [-0.15, -0.1) is 0 Å². The maximum Gasteiger partial charge on any atom is 0.456 e. The lowest BCUT2D eigenvalue weighted by Crippen LogP contribution is -2.40. The van der Waals surface area contributed by atoms with Crippen molar-refractivity contribution in [3.63, 3.8) is 0 Å². The van der Waals surface area contributed by atoms with Gasteiger partial charge in [0.2, 0.25) is 0 Å². The summed E-state index contributed by atoms with van der Waals surface area (Å²) in [6, 6.07) is 2.40. The van der Waals surface area contributed by atoms with Crippen molar-refractivity contribution >= 4 is 7.12 Å². The maximum atomic E-state index is 9.48. The Morgan fingerprint density at radius 1 is 1.38 bits per heavy atom. The lowest BCUT2D eigenvalue weighted by atomic mass is 9.51. The van der Waals surface area contributed by atoms with Crippen LogP contribution >= 0.6 is 0 Å². The van der Waals surface area contributed by atoms with Crippen LogP contribution in [0.15, 0.2) is 0 Å². The molecule has 1 saturated carbocycles. The minimum Gasteiger partial charge on any atom is -0.427 e. The molecular formula is C12H22BNO2. The largest absolute Gasteiger partial charge is 0.456 e. The zero-order valence-corrected chi connectivity index (χ0v) is 10.3. The molecule has 2 atom stereocenters. The van der Waals surface area contributed by atoms with Gasteiger partial charge in [-0.25, -0.2) is 0 Å². The Hall–Kier alpha value is -0.525. The van der Waals surface area contributed by atoms with Crippen LogP contribution in [-0.2, 0) is 0 Å². The summed E-state index contributed by atoms with van der Waals surface area (Å²) in [6.45, 7) is 3.77. The van der Waals surface area contributed by atoms with E-state index in [0.29, 0.717) is 12.3 Å². The number of hydrogen-bond acceptors (Lipinski definition) is 3. The lowest BCUT2D eigenvalue weighted by Gasteiger charge is -2.40. The van der Waals surface area contributed by atoms with Gasteiger partial charge in [-0.2, -0.15) is 5.26 Å². The third-order valence-corrected chi connectivity index (χ3v) is 4.39. The quantitative estimate of drug-likeness (QED) is 0.719. The van der Waals surface area contributed by atoms with Crippen molar-refractivity contribution in [3.8, 4) is 6.07 Å². The summed E-state index contributed by atoms with van der Waals surface area (Å²) in [5, 5.41) is 28.2. The second kappa shape index (κ2) is 5.70. The van der Waals surface area contributed by atoms with Gasteiger partial charge in [0.15, 0.2) is 0 Å². The predicted octanol–water partition coefficient (Wildman–Crippen LogP) is 2.35. The topological polar surface area (TPSA) is 64.2 Å². The van der Waals surface area contributed by atoms with Crippen molar-refractivity contribution in [3.05, 3.63) is 0 Å². The Kier molecular flexibility index (Phi) is 4.82. The fourth-order valence-electron chi connectivity index (χ4n) is 3.14. The molecule has 0 spiro atoms. The number of nitriles is 1. The van der Waals surface area contributed by atoms with Gasteiger partial charge in [-0.1, -0.05) is 33.1 Å². The molecule has 0 aromatic rings. The molecule has 0 aromatic carbocycles. The first-order valence-corrected chi connectivity index (χ1v) is 6.36. The molecule has 1 fully saturated rings. The van der Waals surface area contributed by atoms with Gasteiger partial charge >= 0.3 is 7.12 Å². The van der Waals surface area contributed by atoms with E-state index in [1.807, 2.05) is 6.92 Å². The minimum absolute atomic E-state index is 0.327. The first-order chi connectivity index (χ1) is 7.58. The van der Waals surface area contributed by atoms with Crippen LogP contribution in [-0.4, -0.2) is 17.2 Å². The van der Waals surface area contributed by atoms with Crippen LogP contribution in [0.1, 0.15) is 52.4 Å². The highest BCUT2D eigenvalue weighted by Gasteiger charge is 2.46. The van der Waals surface area contributed by atoms with Crippen LogP contribution in [0.2, 0.25) is 5.82 Å². The fraction of sp³-hybridized carbons (Fsp3) is 0.917. The summed E-state index contributed by atoms with van der Waals surface area (Å²) in [4.78, 5) is 0. The molecule has 0 radical (unpaired) electrons. The standard InChI is InChI=1S/C12H22BNO2/c1-3-12(9-14,10(2)13(15)16)11-7-5-4-6-8-11/h10-11,15-16H,3-8H2,1-2H3. The molecule has 0 bridgehead atoms. The van der Waals surface area contributed by atoms with E-state index in [1.54, 1.807) is 6.92 Å². The Morgan fingerprint density at radius 2 is 1.94 bits per heavy atom. The van der Waals surface area contributed by atoms with Crippen LogP contribution < -0.4 is 0 Å². The van der Waals surface area contributed by atoms with E-state index in [-0.39, 0.29) is 5.82 Å². The van der Waals surface area contributed by atoms with Crippen LogP contribution in [0.5, 0.6) is 0 Å². The van der Waals surface area contributed by atoms with Crippen LogP contribution in [0, 0.1) is 22.7 Å². The molecule has 90 valence electrons. The smallest absolute Gasteiger partial charge is 0.427 e. The zero-order valence-electron chi connectivity index (χ0n) is 10.3. The summed E-state index contributed by atoms with van der Waals surface area (Å²) in [5.74, 6) is -0.0429. The van der Waals surface area contributed by atoms with E-state index in [2.05, 4.69) is 6.07 Å². The summed E-state index contributed by atoms with van der Waals surface area (Å²) < 4.78 is 0. The van der Waals surface area contributed by atoms with Gasteiger partial charge in [0.25, 0.3) is 0 Å². The van der Waals surface area contributed by atoms with E-state index < -0.39 is 12.5 Å². The van der Waals surface area contributed by atoms with Gasteiger partial charge in [0, 0.05) is 5.82 Å². The minimum atomic E-state index is -1.39. The monoisotopic (exact) mass is 223 g/mol. The fourth-order valence-corrected chi connectivity index (χ4v) is 3.14. The van der Waals surface area contributed by atoms with Crippen molar-refractivity contribution in [1.29, 1.82) is 5.26 Å². The lowest BCUT2D eigenvalue weighted by molar-refractivity contribution is 0.150. The summed E-state index contributed by atoms with van der Waals surface area (Å²) in [7, 11) is -1.39. The normalized spacial score (nSPS) is 23.2. The predicted molar refractivity (Wildman–Crippen MR) is 64.5 cm³/mol. The highest BCUT2D eigenvalue weighted by Crippen LogP contribution is 2.48. The average Bonchev–Trinajstić information content (AvgIpc) is 2.32. The molecule has 4 heteroatoms. The molecular weight excluding hydrogens is 201 g/mol. The number of nitrogens with zero attached hydrogens (tertiary/aromatic N) is 1. The average molecular weight is 223 g/mol. The molecule has 2 unspecified atom stereocenters. The van der Waals surface area contributed by atoms with E-state index in [1.165, 1.54) is 19.3 Å². The first-order valence-electron chi connectivity index (χ1n) is 6.36. The summed E-state index contributed by atoms with van der Waals surface area (Å²) in [5.41, 5.74) is -0.561. The first kappa shape index (κ1) is 13.5. The van der Waals surface area contributed by atoms with Gasteiger partial charge in [-0.3, -0.25) is 0 Å². The van der Waals surface area contributed by atoms with Gasteiger partial charge in [-0.05, 0) is 25.2 Å². The van der Waals surface area contributed by atoms with Crippen molar-refractivity contribution in [2.24, 2.45) is 11.3 Å². The van der Waals surface area contributed by atoms with E-state index >= 15 is 0 Å². The Bertz CT molecular complexity index is 258. The highest BCUT2D eigenvalue weighted by atomic mass is 16.4. The Labute approximate surface area is 98.6 Å². The van der Waals surface area contributed by atoms with Crippen molar-refractivity contribution < 1.29 is 10.0 Å². The highest BCUT2D eigenvalue weighted by molar-refractivity contribution is 6.43. The molecule has 0 amide bonds. The molecule has 3 nitrogen and oxygen atoms in total. The van der Waals surface area contributed by atoms with Crippen LogP contribution in [0.3, 0.4) is 0 Å². The Balaban J connectivity index is 2.90. The molecule has 0 heterocycles. The molecule has 1 aliphatic carbocycles. The molecule has 2 N–H and O–H groups in total. The molecule has 1 rings (SSSR count). The zero-order chi connectivity index (χ0) is 12.2. The van der Waals surface area contributed by atoms with Gasteiger partial charge < -0.3 is 10.0 Å². The molecule has 1 aliphatic rings. The van der Waals surface area contributed by atoms with E-state index in [4.69, 9.17) is 0 Å². The third kappa shape index (κ3) is 2.41. The Morgan fingerprint density at radius 3 is 2.31 bits per heavy atom. The van der Waals surface area contributed by atoms with Crippen LogP contribution in [0.4, 0.5) is 0 Å². The molecule has 0 saturated heterocycles. The van der Waals surface area contributed by atoms with Crippen molar-refractivity contribution in [2.45, 2.75) is 58.2 Å². The number of rotatable bonds is 4. The van der Waals surface area contributed by atoms with Crippen LogP contribution in [0.25, 0.3) is 0 Å². The second-order valence-electron chi connectivity index (χ2n) is 5.04. The van der Waals surface area contributed by atoms with Gasteiger partial charge in [0.1, 0.15) is 0 Å². The number of hydrogen-bond donors (Lipinski definition) is 2. The van der Waals surface area contributed by atoms with Gasteiger partial charge in [0.05, 0.1) is 11.5 Å². The molecule has 0 aliphatic heterocycles. The molecule has 0 aromatic heterocycles. The van der Waals surface area contributed by atoms with Crippen molar-refractivity contribution in [2.75, 3.05) is 0 Å². The maximum absolute atomic E-state index is 9.48. The molecule has 16 heavy (non-hydrogen) atoms. The summed E-state index contributed by atoms with van der Waals surface area (Å²) in [6.07, 6.45) is 6.40. The SMILES string of the molecule is CCC(C#N)(C1CCCCC1)C(C)B(O)O. The third-order valence-electron chi connectivity index (χ3n) is 4.39. The van der Waals surface area contributed by atoms with E-state index in [9.17, 15) is 15.3 Å².